The summed E-state index contributed by atoms with van der Waals surface area (Å²) in [6.45, 7) is 0.196. The molecule has 0 aromatic heterocycles. The Kier molecular flexibility index (Phi) is 5.28. The second-order valence-electron chi connectivity index (χ2n) is 5.65. The quantitative estimate of drug-likeness (QED) is 0.878. The maximum absolute atomic E-state index is 14.2. The lowest BCUT2D eigenvalue weighted by Crippen LogP contribution is -2.50. The summed E-state index contributed by atoms with van der Waals surface area (Å²) in [6, 6.07) is 6.79. The Bertz CT molecular complexity index is 459. The van der Waals surface area contributed by atoms with E-state index in [9.17, 15) is 13.6 Å². The predicted molar refractivity (Wildman–Crippen MR) is 77.9 cm³/mol. The molecule has 0 aliphatic heterocycles. The molecule has 0 radical (unpaired) electrons. The first-order valence-electron chi connectivity index (χ1n) is 7.50. The molecule has 21 heavy (non-hydrogen) atoms. The van der Waals surface area contributed by atoms with Crippen LogP contribution in [0.3, 0.4) is 0 Å². The van der Waals surface area contributed by atoms with E-state index in [1.54, 1.807) is 6.07 Å². The van der Waals surface area contributed by atoms with E-state index in [0.717, 1.165) is 25.7 Å². The topological polar surface area (TPSA) is 55.1 Å². The van der Waals surface area contributed by atoms with Gasteiger partial charge in [-0.25, -0.2) is 0 Å². The van der Waals surface area contributed by atoms with Crippen molar-refractivity contribution in [1.82, 2.24) is 5.32 Å². The van der Waals surface area contributed by atoms with Gasteiger partial charge in [0.1, 0.15) is 0 Å². The zero-order valence-electron chi connectivity index (χ0n) is 12.0. The van der Waals surface area contributed by atoms with Gasteiger partial charge in [0.25, 0.3) is 5.91 Å². The fraction of sp³-hybridized carbons (Fsp3) is 0.562. The first-order valence-corrected chi connectivity index (χ1v) is 7.50. The standard InChI is InChI=1S/C16H22F2N2O/c17-16(18,13-9-5-2-6-10-13)15(21)20-14(11-19)12-7-3-1-4-8-12/h2,5-6,9-10,12,14H,1,3-4,7-8,11,19H2,(H,20,21). The Labute approximate surface area is 123 Å². The lowest BCUT2D eigenvalue weighted by atomic mass is 9.83. The molecular weight excluding hydrogens is 274 g/mol. The smallest absolute Gasteiger partial charge is 0.346 e. The lowest BCUT2D eigenvalue weighted by molar-refractivity contribution is -0.148. The molecule has 1 aliphatic rings. The highest BCUT2D eigenvalue weighted by molar-refractivity contribution is 5.85. The SMILES string of the molecule is NCC(NC(=O)C(F)(F)c1ccccc1)C1CCCCC1. The van der Waals surface area contributed by atoms with Crippen molar-refractivity contribution in [3.8, 4) is 0 Å². The lowest BCUT2D eigenvalue weighted by Gasteiger charge is -2.31. The van der Waals surface area contributed by atoms with Crippen molar-refractivity contribution in [1.29, 1.82) is 0 Å². The average Bonchev–Trinajstić information content (AvgIpc) is 2.54. The van der Waals surface area contributed by atoms with Crippen molar-refractivity contribution in [3.63, 3.8) is 0 Å². The van der Waals surface area contributed by atoms with Crippen LogP contribution in [0.15, 0.2) is 30.3 Å². The number of halogens is 2. The van der Waals surface area contributed by atoms with Crippen molar-refractivity contribution in [2.75, 3.05) is 6.54 Å². The summed E-state index contributed by atoms with van der Waals surface area (Å²) in [4.78, 5) is 12.0. The van der Waals surface area contributed by atoms with Gasteiger partial charge in [-0.15, -0.1) is 0 Å². The van der Waals surface area contributed by atoms with Gasteiger partial charge < -0.3 is 11.1 Å². The third kappa shape index (κ3) is 3.79. The number of hydrogen-bond donors (Lipinski definition) is 2. The molecule has 0 spiro atoms. The molecule has 0 heterocycles. The number of hydrogen-bond acceptors (Lipinski definition) is 2. The number of nitrogens with two attached hydrogens (primary N) is 1. The van der Waals surface area contributed by atoms with Gasteiger partial charge in [0.05, 0.1) is 0 Å². The molecule has 5 heteroatoms. The average molecular weight is 296 g/mol. The zero-order valence-corrected chi connectivity index (χ0v) is 12.0. The minimum absolute atomic E-state index is 0.196. The molecule has 3 nitrogen and oxygen atoms in total. The number of alkyl halides is 2. The minimum atomic E-state index is -3.52. The van der Waals surface area contributed by atoms with Crippen LogP contribution in [0.4, 0.5) is 8.78 Å². The van der Waals surface area contributed by atoms with E-state index in [0.29, 0.717) is 0 Å². The molecule has 116 valence electrons. The summed E-state index contributed by atoms with van der Waals surface area (Å²) in [5.74, 6) is -4.57. The zero-order chi connectivity index (χ0) is 15.3. The van der Waals surface area contributed by atoms with Crippen LogP contribution in [0.5, 0.6) is 0 Å². The number of carbonyl (C=O) groups excluding carboxylic acids is 1. The molecule has 2 rings (SSSR count). The van der Waals surface area contributed by atoms with Crippen molar-refractivity contribution in [3.05, 3.63) is 35.9 Å². The van der Waals surface area contributed by atoms with Crippen LogP contribution in [0, 0.1) is 5.92 Å². The maximum Gasteiger partial charge on any atom is 0.349 e. The van der Waals surface area contributed by atoms with Gasteiger partial charge in [-0.3, -0.25) is 4.79 Å². The van der Waals surface area contributed by atoms with E-state index in [2.05, 4.69) is 5.32 Å². The highest BCUT2D eigenvalue weighted by Crippen LogP contribution is 2.30. The summed E-state index contributed by atoms with van der Waals surface area (Å²) in [7, 11) is 0. The first kappa shape index (κ1) is 15.9. The second-order valence-corrected chi connectivity index (χ2v) is 5.65. The van der Waals surface area contributed by atoms with Crippen LogP contribution in [-0.4, -0.2) is 18.5 Å². The number of carbonyl (C=O) groups is 1. The van der Waals surface area contributed by atoms with E-state index in [1.165, 1.54) is 30.7 Å². The van der Waals surface area contributed by atoms with E-state index < -0.39 is 11.8 Å². The molecule has 1 fully saturated rings. The summed E-state index contributed by atoms with van der Waals surface area (Å²) in [6.07, 6.45) is 5.21. The van der Waals surface area contributed by atoms with Crippen molar-refractivity contribution in [2.45, 2.75) is 44.1 Å². The number of rotatable bonds is 5. The number of nitrogens with one attached hydrogen (secondary N) is 1. The Morgan fingerprint density at radius 1 is 1.24 bits per heavy atom. The minimum Gasteiger partial charge on any atom is -0.346 e. The third-order valence-corrected chi connectivity index (χ3v) is 4.21. The summed E-state index contributed by atoms with van der Waals surface area (Å²) in [5.41, 5.74) is 5.38. The van der Waals surface area contributed by atoms with Crippen LogP contribution in [-0.2, 0) is 10.7 Å². The molecule has 0 bridgehead atoms. The van der Waals surface area contributed by atoms with E-state index in [1.807, 2.05) is 0 Å². The largest absolute Gasteiger partial charge is 0.349 e. The monoisotopic (exact) mass is 296 g/mol. The predicted octanol–water partition coefficient (Wildman–Crippen LogP) is 2.80. The second kappa shape index (κ2) is 6.98. The molecule has 1 atom stereocenters. The third-order valence-electron chi connectivity index (χ3n) is 4.21. The normalized spacial score (nSPS) is 18.2. The number of benzene rings is 1. The Morgan fingerprint density at radius 2 is 1.86 bits per heavy atom. The van der Waals surface area contributed by atoms with Gasteiger partial charge >= 0.3 is 5.92 Å². The fourth-order valence-electron chi connectivity index (χ4n) is 2.94. The highest BCUT2D eigenvalue weighted by atomic mass is 19.3. The molecule has 1 saturated carbocycles. The van der Waals surface area contributed by atoms with Crippen molar-refractivity contribution < 1.29 is 13.6 Å². The van der Waals surface area contributed by atoms with E-state index >= 15 is 0 Å². The fourth-order valence-corrected chi connectivity index (χ4v) is 2.94. The van der Waals surface area contributed by atoms with Crippen molar-refractivity contribution >= 4 is 5.91 Å². The molecule has 1 amide bonds. The van der Waals surface area contributed by atoms with Gasteiger partial charge in [0, 0.05) is 18.2 Å². The molecule has 0 saturated heterocycles. The van der Waals surface area contributed by atoms with Crippen molar-refractivity contribution in [2.24, 2.45) is 11.7 Å². The molecular formula is C16H22F2N2O. The molecule has 1 aliphatic carbocycles. The Hall–Kier alpha value is -1.49. The van der Waals surface area contributed by atoms with E-state index in [-0.39, 0.29) is 24.1 Å². The summed E-state index contributed by atoms with van der Waals surface area (Å²) in [5, 5.41) is 2.46. The Morgan fingerprint density at radius 3 is 2.43 bits per heavy atom. The molecule has 1 aromatic carbocycles. The highest BCUT2D eigenvalue weighted by Gasteiger charge is 2.42. The van der Waals surface area contributed by atoms with Gasteiger partial charge in [-0.2, -0.15) is 8.78 Å². The Balaban J connectivity index is 2.04. The summed E-state index contributed by atoms with van der Waals surface area (Å²) >= 11 is 0. The molecule has 1 aromatic rings. The van der Waals surface area contributed by atoms with Crippen LogP contribution >= 0.6 is 0 Å². The van der Waals surface area contributed by atoms with Crippen LogP contribution in [0.25, 0.3) is 0 Å². The van der Waals surface area contributed by atoms with Gasteiger partial charge in [-0.1, -0.05) is 49.6 Å². The van der Waals surface area contributed by atoms with Crippen LogP contribution in [0.2, 0.25) is 0 Å². The van der Waals surface area contributed by atoms with Gasteiger partial charge in [-0.05, 0) is 18.8 Å². The maximum atomic E-state index is 14.2. The van der Waals surface area contributed by atoms with Gasteiger partial charge in [0.15, 0.2) is 0 Å². The molecule has 3 N–H and O–H groups in total. The number of amides is 1. The van der Waals surface area contributed by atoms with E-state index in [4.69, 9.17) is 5.73 Å². The summed E-state index contributed by atoms with van der Waals surface area (Å²) < 4.78 is 28.3. The van der Waals surface area contributed by atoms with Crippen LogP contribution < -0.4 is 11.1 Å². The van der Waals surface area contributed by atoms with Crippen LogP contribution in [0.1, 0.15) is 37.7 Å². The molecule has 1 unspecified atom stereocenters. The van der Waals surface area contributed by atoms with Gasteiger partial charge in [0.2, 0.25) is 0 Å². The first-order chi connectivity index (χ1) is 10.1.